The SMILES string of the molecule is CC(C)NCC(O)CN1C(=O)C(=O)c2ccccc21. The van der Waals surface area contributed by atoms with Gasteiger partial charge in [0.05, 0.1) is 23.9 Å². The van der Waals surface area contributed by atoms with E-state index in [0.29, 0.717) is 17.8 Å². The van der Waals surface area contributed by atoms with Crippen LogP contribution in [-0.2, 0) is 4.79 Å². The molecule has 2 N–H and O–H groups in total. The minimum atomic E-state index is -0.703. The van der Waals surface area contributed by atoms with Crippen LogP contribution in [0.1, 0.15) is 24.2 Å². The van der Waals surface area contributed by atoms with Crippen LogP contribution in [0.15, 0.2) is 24.3 Å². The van der Waals surface area contributed by atoms with E-state index in [-0.39, 0.29) is 12.6 Å². The zero-order valence-corrected chi connectivity index (χ0v) is 11.1. The molecule has 0 bridgehead atoms. The largest absolute Gasteiger partial charge is 0.390 e. The molecule has 5 heteroatoms. The van der Waals surface area contributed by atoms with Crippen LogP contribution in [0, 0.1) is 0 Å². The fraction of sp³-hybridized carbons (Fsp3) is 0.429. The third kappa shape index (κ3) is 2.83. The normalized spacial score (nSPS) is 16.1. The first-order valence-electron chi connectivity index (χ1n) is 6.37. The van der Waals surface area contributed by atoms with E-state index in [2.05, 4.69) is 5.32 Å². The highest BCUT2D eigenvalue weighted by Gasteiger charge is 2.36. The van der Waals surface area contributed by atoms with Crippen LogP contribution in [0.5, 0.6) is 0 Å². The van der Waals surface area contributed by atoms with E-state index in [4.69, 9.17) is 0 Å². The molecule has 102 valence electrons. The van der Waals surface area contributed by atoms with Gasteiger partial charge in [0.25, 0.3) is 11.7 Å². The number of nitrogens with zero attached hydrogens (tertiary/aromatic N) is 1. The van der Waals surface area contributed by atoms with Gasteiger partial charge in [-0.3, -0.25) is 9.59 Å². The first kappa shape index (κ1) is 13.7. The number of hydrogen-bond donors (Lipinski definition) is 2. The quantitative estimate of drug-likeness (QED) is 0.761. The summed E-state index contributed by atoms with van der Waals surface area (Å²) in [6, 6.07) is 7.12. The van der Waals surface area contributed by atoms with Crippen LogP contribution in [0.2, 0.25) is 0 Å². The first-order chi connectivity index (χ1) is 9.00. The van der Waals surface area contributed by atoms with Crippen LogP contribution in [0.4, 0.5) is 5.69 Å². The number of β-amino-alcohol motifs (C(OH)–C–C–N with tert-alkyl or cyclic N) is 1. The number of aliphatic hydroxyl groups excluding tert-OH is 1. The van der Waals surface area contributed by atoms with E-state index in [1.165, 1.54) is 4.90 Å². The number of Topliss-reactive ketones (excluding diaryl/α,β-unsaturated/α-hetero) is 1. The standard InChI is InChI=1S/C14H18N2O3/c1-9(2)15-7-10(17)8-16-12-6-4-3-5-11(12)13(18)14(16)19/h3-6,9-10,15,17H,7-8H2,1-2H3. The van der Waals surface area contributed by atoms with Crippen molar-refractivity contribution < 1.29 is 14.7 Å². The molecule has 5 nitrogen and oxygen atoms in total. The van der Waals surface area contributed by atoms with Crippen molar-refractivity contribution in [3.63, 3.8) is 0 Å². The molecule has 19 heavy (non-hydrogen) atoms. The number of fused-ring (bicyclic) bond motifs is 1. The summed E-state index contributed by atoms with van der Waals surface area (Å²) in [6.45, 7) is 4.47. The van der Waals surface area contributed by atoms with E-state index in [1.54, 1.807) is 24.3 Å². The summed E-state index contributed by atoms with van der Waals surface area (Å²) in [4.78, 5) is 25.0. The molecule has 2 rings (SSSR count). The number of aliphatic hydroxyl groups is 1. The molecular formula is C14H18N2O3. The highest BCUT2D eigenvalue weighted by Crippen LogP contribution is 2.28. The molecule has 0 fully saturated rings. The van der Waals surface area contributed by atoms with Crippen molar-refractivity contribution in [2.24, 2.45) is 0 Å². The van der Waals surface area contributed by atoms with Crippen LogP contribution < -0.4 is 10.2 Å². The predicted octanol–water partition coefficient (Wildman–Crippen LogP) is 0.575. The van der Waals surface area contributed by atoms with Gasteiger partial charge in [-0.05, 0) is 12.1 Å². The number of nitrogens with one attached hydrogen (secondary N) is 1. The van der Waals surface area contributed by atoms with Crippen molar-refractivity contribution in [1.82, 2.24) is 5.32 Å². The van der Waals surface area contributed by atoms with Gasteiger partial charge in [-0.2, -0.15) is 0 Å². The summed E-state index contributed by atoms with van der Waals surface area (Å²) in [5.41, 5.74) is 0.998. The third-order valence-corrected chi connectivity index (χ3v) is 3.03. The maximum atomic E-state index is 11.9. The number of benzene rings is 1. The second-order valence-electron chi connectivity index (χ2n) is 4.98. The van der Waals surface area contributed by atoms with Gasteiger partial charge in [0.15, 0.2) is 0 Å². The van der Waals surface area contributed by atoms with Gasteiger partial charge >= 0.3 is 0 Å². The lowest BCUT2D eigenvalue weighted by Crippen LogP contribution is -2.42. The molecular weight excluding hydrogens is 244 g/mol. The predicted molar refractivity (Wildman–Crippen MR) is 72.3 cm³/mol. The van der Waals surface area contributed by atoms with Crippen molar-refractivity contribution in [1.29, 1.82) is 0 Å². The topological polar surface area (TPSA) is 69.6 Å². The Morgan fingerprint density at radius 2 is 1.95 bits per heavy atom. The van der Waals surface area contributed by atoms with Crippen LogP contribution >= 0.6 is 0 Å². The smallest absolute Gasteiger partial charge is 0.299 e. The number of carbonyl (C=O) groups is 2. The lowest BCUT2D eigenvalue weighted by molar-refractivity contribution is -0.114. The zero-order valence-electron chi connectivity index (χ0n) is 11.1. The van der Waals surface area contributed by atoms with E-state index in [0.717, 1.165) is 0 Å². The maximum absolute atomic E-state index is 11.9. The number of anilines is 1. The molecule has 1 amide bonds. The number of rotatable bonds is 5. The molecule has 1 aromatic carbocycles. The van der Waals surface area contributed by atoms with E-state index < -0.39 is 17.8 Å². The van der Waals surface area contributed by atoms with Gasteiger partial charge in [-0.15, -0.1) is 0 Å². The van der Waals surface area contributed by atoms with E-state index in [9.17, 15) is 14.7 Å². The summed E-state index contributed by atoms with van der Waals surface area (Å²) in [6.07, 6.45) is -0.703. The van der Waals surface area contributed by atoms with Gasteiger partial charge < -0.3 is 15.3 Å². The van der Waals surface area contributed by atoms with Crippen molar-refractivity contribution in [3.05, 3.63) is 29.8 Å². The average Bonchev–Trinajstić information content (AvgIpc) is 2.62. The Morgan fingerprint density at radius 3 is 2.63 bits per heavy atom. The number of carbonyl (C=O) groups excluding carboxylic acids is 2. The number of amides is 1. The van der Waals surface area contributed by atoms with Gasteiger partial charge in [0.1, 0.15) is 0 Å². The Kier molecular flexibility index (Phi) is 3.97. The van der Waals surface area contributed by atoms with Crippen molar-refractivity contribution >= 4 is 17.4 Å². The summed E-state index contributed by atoms with van der Waals surface area (Å²) < 4.78 is 0. The minimum Gasteiger partial charge on any atom is -0.390 e. The van der Waals surface area contributed by atoms with Gasteiger partial charge in [0.2, 0.25) is 0 Å². The summed E-state index contributed by atoms with van der Waals surface area (Å²) >= 11 is 0. The van der Waals surface area contributed by atoms with Crippen LogP contribution in [0.3, 0.4) is 0 Å². The average molecular weight is 262 g/mol. The van der Waals surface area contributed by atoms with Crippen molar-refractivity contribution in [2.45, 2.75) is 26.0 Å². The maximum Gasteiger partial charge on any atom is 0.299 e. The van der Waals surface area contributed by atoms with Crippen LogP contribution in [-0.4, -0.2) is 42.0 Å². The second kappa shape index (κ2) is 5.50. The summed E-state index contributed by atoms with van der Waals surface area (Å²) in [7, 11) is 0. The van der Waals surface area contributed by atoms with Crippen molar-refractivity contribution in [3.8, 4) is 0 Å². The van der Waals surface area contributed by atoms with Gasteiger partial charge in [-0.1, -0.05) is 26.0 Å². The highest BCUT2D eigenvalue weighted by atomic mass is 16.3. The zero-order chi connectivity index (χ0) is 14.0. The molecule has 0 aromatic heterocycles. The molecule has 1 aliphatic rings. The second-order valence-corrected chi connectivity index (χ2v) is 4.98. The Bertz CT molecular complexity index is 499. The third-order valence-electron chi connectivity index (χ3n) is 3.03. The van der Waals surface area contributed by atoms with Crippen LogP contribution in [0.25, 0.3) is 0 Å². The first-order valence-corrected chi connectivity index (χ1v) is 6.37. The fourth-order valence-corrected chi connectivity index (χ4v) is 2.08. The molecule has 1 atom stereocenters. The molecule has 1 heterocycles. The monoisotopic (exact) mass is 262 g/mol. The molecule has 1 unspecified atom stereocenters. The van der Waals surface area contributed by atoms with E-state index in [1.807, 2.05) is 13.8 Å². The van der Waals surface area contributed by atoms with Crippen molar-refractivity contribution in [2.75, 3.05) is 18.0 Å². The highest BCUT2D eigenvalue weighted by molar-refractivity contribution is 6.52. The number of hydrogen-bond acceptors (Lipinski definition) is 4. The summed E-state index contributed by atoms with van der Waals surface area (Å²) in [5, 5.41) is 13.0. The Hall–Kier alpha value is -1.72. The molecule has 0 radical (unpaired) electrons. The molecule has 0 saturated heterocycles. The van der Waals surface area contributed by atoms with E-state index >= 15 is 0 Å². The minimum absolute atomic E-state index is 0.126. The summed E-state index contributed by atoms with van der Waals surface area (Å²) in [5.74, 6) is -1.07. The van der Waals surface area contributed by atoms with Gasteiger partial charge in [0, 0.05) is 12.6 Å². The number of para-hydroxylation sites is 1. The molecule has 0 spiro atoms. The Morgan fingerprint density at radius 1 is 1.26 bits per heavy atom. The molecule has 1 aromatic rings. The van der Waals surface area contributed by atoms with Gasteiger partial charge in [-0.25, -0.2) is 0 Å². The lowest BCUT2D eigenvalue weighted by Gasteiger charge is -2.21. The fourth-order valence-electron chi connectivity index (χ4n) is 2.08. The number of ketones is 1. The molecule has 0 saturated carbocycles. The molecule has 0 aliphatic carbocycles. The Labute approximate surface area is 112 Å². The Balaban J connectivity index is 2.09. The molecule has 1 aliphatic heterocycles. The lowest BCUT2D eigenvalue weighted by atomic mass is 10.1.